The van der Waals surface area contributed by atoms with Crippen LogP contribution in [-0.2, 0) is 10.0 Å². The topological polar surface area (TPSA) is 46.2 Å². The highest BCUT2D eigenvalue weighted by atomic mass is 35.5. The SMILES string of the molecule is CSC1CCCC(NS(=O)(=O)CCl)C1. The lowest BCUT2D eigenvalue weighted by Crippen LogP contribution is -2.39. The van der Waals surface area contributed by atoms with Gasteiger partial charge >= 0.3 is 0 Å². The van der Waals surface area contributed by atoms with E-state index in [0.717, 1.165) is 19.3 Å². The van der Waals surface area contributed by atoms with Gasteiger partial charge in [-0.25, -0.2) is 13.1 Å². The predicted molar refractivity (Wildman–Crippen MR) is 62.3 cm³/mol. The third-order valence-electron chi connectivity index (χ3n) is 2.45. The van der Waals surface area contributed by atoms with Crippen molar-refractivity contribution in [1.29, 1.82) is 0 Å². The minimum atomic E-state index is -3.24. The molecule has 0 amide bonds. The number of rotatable bonds is 4. The Morgan fingerprint density at radius 3 is 2.79 bits per heavy atom. The Morgan fingerprint density at radius 2 is 2.21 bits per heavy atom. The molecule has 2 unspecified atom stereocenters. The largest absolute Gasteiger partial charge is 0.225 e. The first kappa shape index (κ1) is 12.6. The van der Waals surface area contributed by atoms with E-state index in [-0.39, 0.29) is 11.3 Å². The van der Waals surface area contributed by atoms with E-state index >= 15 is 0 Å². The molecule has 3 nitrogen and oxygen atoms in total. The molecule has 1 aliphatic carbocycles. The molecule has 0 heterocycles. The van der Waals surface area contributed by atoms with Crippen LogP contribution in [-0.4, -0.2) is 31.2 Å². The first-order chi connectivity index (χ1) is 6.57. The monoisotopic (exact) mass is 257 g/mol. The molecular formula is C8H16ClNO2S2. The van der Waals surface area contributed by atoms with Gasteiger partial charge in [-0.2, -0.15) is 11.8 Å². The lowest BCUT2D eigenvalue weighted by molar-refractivity contribution is 0.421. The maximum absolute atomic E-state index is 11.2. The van der Waals surface area contributed by atoms with Gasteiger partial charge in [0.2, 0.25) is 10.0 Å². The van der Waals surface area contributed by atoms with E-state index in [9.17, 15) is 8.42 Å². The molecule has 0 radical (unpaired) electrons. The standard InChI is InChI=1S/C8H16ClNO2S2/c1-13-8-4-2-3-7(5-8)10-14(11,12)6-9/h7-8,10H,2-6H2,1H3. The molecule has 0 bridgehead atoms. The van der Waals surface area contributed by atoms with Crippen LogP contribution in [0.25, 0.3) is 0 Å². The molecule has 0 aromatic carbocycles. The molecule has 0 aliphatic heterocycles. The van der Waals surface area contributed by atoms with Gasteiger partial charge in [-0.05, 0) is 25.5 Å². The predicted octanol–water partition coefficient (Wildman–Crippen LogP) is 1.78. The molecule has 14 heavy (non-hydrogen) atoms. The fraction of sp³-hybridized carbons (Fsp3) is 1.00. The first-order valence-electron chi connectivity index (χ1n) is 4.66. The van der Waals surface area contributed by atoms with Crippen LogP contribution in [0.5, 0.6) is 0 Å². The zero-order valence-corrected chi connectivity index (χ0v) is 10.6. The Kier molecular flexibility index (Phi) is 5.03. The maximum Gasteiger partial charge on any atom is 0.225 e. The van der Waals surface area contributed by atoms with Gasteiger partial charge < -0.3 is 0 Å². The quantitative estimate of drug-likeness (QED) is 0.781. The number of hydrogen-bond acceptors (Lipinski definition) is 3. The van der Waals surface area contributed by atoms with Crippen LogP contribution in [0, 0.1) is 0 Å². The van der Waals surface area contributed by atoms with Gasteiger partial charge in [-0.15, -0.1) is 11.6 Å². The zero-order valence-electron chi connectivity index (χ0n) is 8.20. The Hall–Kier alpha value is 0.550. The summed E-state index contributed by atoms with van der Waals surface area (Å²) in [5.41, 5.74) is 0. The van der Waals surface area contributed by atoms with E-state index in [1.54, 1.807) is 0 Å². The Balaban J connectivity index is 2.45. The fourth-order valence-corrected chi connectivity index (χ4v) is 3.55. The molecule has 0 saturated heterocycles. The Labute approximate surface area is 95.0 Å². The highest BCUT2D eigenvalue weighted by molar-refractivity contribution is 7.99. The summed E-state index contributed by atoms with van der Waals surface area (Å²) in [5.74, 6) is 0. The lowest BCUT2D eigenvalue weighted by atomic mass is 9.96. The molecule has 1 N–H and O–H groups in total. The molecule has 2 atom stereocenters. The summed E-state index contributed by atoms with van der Waals surface area (Å²) < 4.78 is 25.1. The van der Waals surface area contributed by atoms with E-state index in [1.807, 2.05) is 11.8 Å². The minimum absolute atomic E-state index is 0.0879. The smallest absolute Gasteiger partial charge is 0.211 e. The molecular weight excluding hydrogens is 242 g/mol. The zero-order chi connectivity index (χ0) is 10.6. The van der Waals surface area contributed by atoms with Crippen molar-refractivity contribution in [3.8, 4) is 0 Å². The van der Waals surface area contributed by atoms with Crippen molar-refractivity contribution in [3.63, 3.8) is 0 Å². The summed E-state index contributed by atoms with van der Waals surface area (Å²) in [6.07, 6.45) is 6.23. The van der Waals surface area contributed by atoms with Gasteiger partial charge in [0, 0.05) is 11.3 Å². The molecule has 0 aromatic heterocycles. The number of hydrogen-bond donors (Lipinski definition) is 1. The summed E-state index contributed by atoms with van der Waals surface area (Å²) in [6, 6.07) is 0.0879. The highest BCUT2D eigenvalue weighted by Crippen LogP contribution is 2.27. The van der Waals surface area contributed by atoms with E-state index < -0.39 is 10.0 Å². The summed E-state index contributed by atoms with van der Waals surface area (Å²) in [5, 5.41) is 0.250. The van der Waals surface area contributed by atoms with Gasteiger partial charge in [-0.3, -0.25) is 0 Å². The second kappa shape index (κ2) is 5.58. The second-order valence-corrected chi connectivity index (χ2v) is 7.04. The second-order valence-electron chi connectivity index (χ2n) is 3.56. The van der Waals surface area contributed by atoms with Crippen LogP contribution >= 0.6 is 23.4 Å². The minimum Gasteiger partial charge on any atom is -0.211 e. The Bertz CT molecular complexity index is 269. The molecule has 1 aliphatic rings. The molecule has 0 aromatic rings. The number of alkyl halides is 1. The first-order valence-corrected chi connectivity index (χ1v) is 8.13. The van der Waals surface area contributed by atoms with Gasteiger partial charge in [0.15, 0.2) is 0 Å². The van der Waals surface area contributed by atoms with Crippen molar-refractivity contribution in [2.75, 3.05) is 11.5 Å². The molecule has 1 fully saturated rings. The van der Waals surface area contributed by atoms with Crippen LogP contribution < -0.4 is 4.72 Å². The van der Waals surface area contributed by atoms with E-state index in [1.165, 1.54) is 6.42 Å². The third kappa shape index (κ3) is 3.96. The van der Waals surface area contributed by atoms with Crippen LogP contribution in [0.2, 0.25) is 0 Å². The fourth-order valence-electron chi connectivity index (χ4n) is 1.75. The Morgan fingerprint density at radius 1 is 1.50 bits per heavy atom. The summed E-state index contributed by atoms with van der Waals surface area (Å²) in [6.45, 7) is 0. The molecule has 1 saturated carbocycles. The van der Waals surface area contributed by atoms with Gasteiger partial charge in [0.05, 0.1) is 0 Å². The van der Waals surface area contributed by atoms with Crippen LogP contribution in [0.15, 0.2) is 0 Å². The molecule has 1 rings (SSSR count). The van der Waals surface area contributed by atoms with E-state index in [2.05, 4.69) is 11.0 Å². The average molecular weight is 258 g/mol. The summed E-state index contributed by atoms with van der Waals surface area (Å²) in [4.78, 5) is 0. The van der Waals surface area contributed by atoms with Crippen LogP contribution in [0.4, 0.5) is 0 Å². The van der Waals surface area contributed by atoms with E-state index in [0.29, 0.717) is 5.25 Å². The van der Waals surface area contributed by atoms with Crippen LogP contribution in [0.1, 0.15) is 25.7 Å². The lowest BCUT2D eigenvalue weighted by Gasteiger charge is -2.28. The van der Waals surface area contributed by atoms with Crippen molar-refractivity contribution < 1.29 is 8.42 Å². The van der Waals surface area contributed by atoms with Crippen molar-refractivity contribution in [3.05, 3.63) is 0 Å². The number of sulfonamides is 1. The van der Waals surface area contributed by atoms with Gasteiger partial charge in [0.25, 0.3) is 0 Å². The number of thioether (sulfide) groups is 1. The summed E-state index contributed by atoms with van der Waals surface area (Å²) >= 11 is 7.14. The van der Waals surface area contributed by atoms with Crippen molar-refractivity contribution in [2.24, 2.45) is 0 Å². The molecule has 6 heteroatoms. The third-order valence-corrected chi connectivity index (χ3v) is 5.39. The van der Waals surface area contributed by atoms with Gasteiger partial charge in [0.1, 0.15) is 5.21 Å². The highest BCUT2D eigenvalue weighted by Gasteiger charge is 2.24. The van der Waals surface area contributed by atoms with Crippen molar-refractivity contribution >= 4 is 33.4 Å². The van der Waals surface area contributed by atoms with Crippen molar-refractivity contribution in [1.82, 2.24) is 4.72 Å². The molecule has 0 spiro atoms. The number of halogens is 1. The summed E-state index contributed by atoms with van der Waals surface area (Å²) in [7, 11) is -3.24. The normalized spacial score (nSPS) is 29.0. The number of nitrogens with one attached hydrogen (secondary N) is 1. The van der Waals surface area contributed by atoms with Crippen LogP contribution in [0.3, 0.4) is 0 Å². The average Bonchev–Trinajstić information content (AvgIpc) is 2.17. The molecule has 84 valence electrons. The van der Waals surface area contributed by atoms with Crippen molar-refractivity contribution in [2.45, 2.75) is 37.0 Å². The van der Waals surface area contributed by atoms with E-state index in [4.69, 9.17) is 11.6 Å². The maximum atomic E-state index is 11.2. The van der Waals surface area contributed by atoms with Gasteiger partial charge in [-0.1, -0.05) is 6.42 Å².